The Hall–Kier alpha value is -0.940. The fourth-order valence-corrected chi connectivity index (χ4v) is 1.93. The molecule has 1 aromatic rings. The summed E-state index contributed by atoms with van der Waals surface area (Å²) in [5, 5.41) is 3.27. The molecule has 0 saturated carbocycles. The number of hydrogen-bond donors (Lipinski definition) is 1. The molecule has 1 rings (SSSR count). The lowest BCUT2D eigenvalue weighted by Gasteiger charge is -2.00. The van der Waals surface area contributed by atoms with Gasteiger partial charge in [0.25, 0.3) is 0 Å². The van der Waals surface area contributed by atoms with Crippen LogP contribution in [0, 0.1) is 6.92 Å². The summed E-state index contributed by atoms with van der Waals surface area (Å²) in [6.45, 7) is 3.36. The van der Waals surface area contributed by atoms with Gasteiger partial charge in [0.05, 0.1) is 13.7 Å². The second-order valence-corrected chi connectivity index (χ2v) is 4.68. The average Bonchev–Trinajstić information content (AvgIpc) is 2.69. The van der Waals surface area contributed by atoms with Gasteiger partial charge in [-0.1, -0.05) is 0 Å². The van der Waals surface area contributed by atoms with Gasteiger partial charge in [-0.2, -0.15) is 11.8 Å². The van der Waals surface area contributed by atoms with Gasteiger partial charge in [0.15, 0.2) is 0 Å². The van der Waals surface area contributed by atoms with E-state index in [-0.39, 0.29) is 5.97 Å². The van der Waals surface area contributed by atoms with Crippen LogP contribution < -0.4 is 5.32 Å². The van der Waals surface area contributed by atoms with Gasteiger partial charge in [-0.25, -0.2) is 4.79 Å². The standard InChI is InChI=1S/C12H19NO3S/c1-9-11(12(14)15-2)7-10(16-9)8-13-5-4-6-17-3/h7,13H,4-6,8H2,1-3H3. The minimum atomic E-state index is -0.347. The molecule has 1 N–H and O–H groups in total. The largest absolute Gasteiger partial charge is 0.465 e. The SMILES string of the molecule is COC(=O)c1cc(CNCCCSC)oc1C. The van der Waals surface area contributed by atoms with Gasteiger partial charge >= 0.3 is 5.97 Å². The second-order valence-electron chi connectivity index (χ2n) is 3.70. The Bertz CT molecular complexity index is 363. The van der Waals surface area contributed by atoms with Crippen molar-refractivity contribution in [3.63, 3.8) is 0 Å². The summed E-state index contributed by atoms with van der Waals surface area (Å²) in [6, 6.07) is 1.74. The number of carbonyl (C=O) groups excluding carboxylic acids is 1. The minimum absolute atomic E-state index is 0.347. The number of rotatable bonds is 7. The zero-order chi connectivity index (χ0) is 12.7. The van der Waals surface area contributed by atoms with Crippen LogP contribution in [0.3, 0.4) is 0 Å². The van der Waals surface area contributed by atoms with Crippen molar-refractivity contribution in [1.29, 1.82) is 0 Å². The molecule has 0 aliphatic carbocycles. The van der Waals surface area contributed by atoms with E-state index in [2.05, 4.69) is 16.3 Å². The third-order valence-corrected chi connectivity index (χ3v) is 3.07. The fourth-order valence-electron chi connectivity index (χ4n) is 1.50. The third kappa shape index (κ3) is 4.44. The van der Waals surface area contributed by atoms with Gasteiger partial charge in [-0.05, 0) is 38.0 Å². The van der Waals surface area contributed by atoms with E-state index in [1.165, 1.54) is 7.11 Å². The van der Waals surface area contributed by atoms with Crippen LogP contribution >= 0.6 is 11.8 Å². The van der Waals surface area contributed by atoms with E-state index >= 15 is 0 Å². The van der Waals surface area contributed by atoms with Gasteiger partial charge in [0.2, 0.25) is 0 Å². The molecule has 0 bridgehead atoms. The van der Waals surface area contributed by atoms with Crippen LogP contribution in [0.25, 0.3) is 0 Å². The van der Waals surface area contributed by atoms with Gasteiger partial charge in [0.1, 0.15) is 17.1 Å². The summed E-state index contributed by atoms with van der Waals surface area (Å²) in [7, 11) is 1.37. The fraction of sp³-hybridized carbons (Fsp3) is 0.583. The first-order valence-corrected chi connectivity index (χ1v) is 6.95. The summed E-state index contributed by atoms with van der Waals surface area (Å²) >= 11 is 1.84. The van der Waals surface area contributed by atoms with Crippen molar-refractivity contribution in [2.24, 2.45) is 0 Å². The van der Waals surface area contributed by atoms with E-state index in [4.69, 9.17) is 4.42 Å². The lowest BCUT2D eigenvalue weighted by Crippen LogP contribution is -2.14. The van der Waals surface area contributed by atoms with Gasteiger partial charge in [0, 0.05) is 0 Å². The highest BCUT2D eigenvalue weighted by atomic mass is 32.2. The molecule has 1 heterocycles. The van der Waals surface area contributed by atoms with Crippen molar-refractivity contribution in [2.45, 2.75) is 19.9 Å². The molecule has 0 atom stereocenters. The van der Waals surface area contributed by atoms with E-state index < -0.39 is 0 Å². The zero-order valence-corrected chi connectivity index (χ0v) is 11.4. The Balaban J connectivity index is 2.42. The molecular weight excluding hydrogens is 238 g/mol. The summed E-state index contributed by atoms with van der Waals surface area (Å²) in [4.78, 5) is 11.4. The monoisotopic (exact) mass is 257 g/mol. The Morgan fingerprint density at radius 1 is 1.59 bits per heavy atom. The van der Waals surface area contributed by atoms with Gasteiger partial charge in [-0.3, -0.25) is 0 Å². The number of aryl methyl sites for hydroxylation is 1. The molecule has 0 aliphatic heterocycles. The molecule has 0 radical (unpaired) electrons. The predicted molar refractivity (Wildman–Crippen MR) is 69.5 cm³/mol. The Morgan fingerprint density at radius 2 is 2.35 bits per heavy atom. The van der Waals surface area contributed by atoms with Crippen molar-refractivity contribution in [1.82, 2.24) is 5.32 Å². The number of esters is 1. The molecule has 17 heavy (non-hydrogen) atoms. The van der Waals surface area contributed by atoms with Gasteiger partial charge < -0.3 is 14.5 Å². The van der Waals surface area contributed by atoms with Gasteiger partial charge in [-0.15, -0.1) is 0 Å². The van der Waals surface area contributed by atoms with Crippen LogP contribution in [-0.4, -0.2) is 31.6 Å². The topological polar surface area (TPSA) is 51.5 Å². The Labute approximate surface area is 106 Å². The molecule has 0 fully saturated rings. The molecule has 4 nitrogen and oxygen atoms in total. The molecule has 0 amide bonds. The summed E-state index contributed by atoms with van der Waals surface area (Å²) < 4.78 is 10.1. The maximum absolute atomic E-state index is 11.4. The maximum atomic E-state index is 11.4. The first kappa shape index (κ1) is 14.1. The number of carbonyl (C=O) groups is 1. The summed E-state index contributed by atoms with van der Waals surface area (Å²) in [5.41, 5.74) is 0.508. The van der Waals surface area contributed by atoms with Crippen molar-refractivity contribution < 1.29 is 13.9 Å². The van der Waals surface area contributed by atoms with Crippen molar-refractivity contribution in [2.75, 3.05) is 25.7 Å². The number of furan rings is 1. The lowest BCUT2D eigenvalue weighted by molar-refractivity contribution is 0.0599. The molecule has 5 heteroatoms. The molecular formula is C12H19NO3S. The number of thioether (sulfide) groups is 1. The maximum Gasteiger partial charge on any atom is 0.341 e. The van der Waals surface area contributed by atoms with Crippen LogP contribution in [0.2, 0.25) is 0 Å². The normalized spacial score (nSPS) is 10.5. The molecule has 0 unspecified atom stereocenters. The number of nitrogens with one attached hydrogen (secondary N) is 1. The molecule has 96 valence electrons. The van der Waals surface area contributed by atoms with E-state index in [1.807, 2.05) is 11.8 Å². The van der Waals surface area contributed by atoms with E-state index in [1.54, 1.807) is 13.0 Å². The molecule has 0 aromatic carbocycles. The highest BCUT2D eigenvalue weighted by molar-refractivity contribution is 7.98. The van der Waals surface area contributed by atoms with E-state index in [0.717, 1.165) is 24.5 Å². The Morgan fingerprint density at radius 3 is 3.00 bits per heavy atom. The van der Waals surface area contributed by atoms with Crippen molar-refractivity contribution >= 4 is 17.7 Å². The third-order valence-electron chi connectivity index (χ3n) is 2.38. The van der Waals surface area contributed by atoms with Crippen LogP contribution in [0.4, 0.5) is 0 Å². The average molecular weight is 257 g/mol. The Kier molecular flexibility index (Phi) is 6.15. The zero-order valence-electron chi connectivity index (χ0n) is 10.5. The molecule has 0 spiro atoms. The van der Waals surface area contributed by atoms with Crippen molar-refractivity contribution in [3.05, 3.63) is 23.2 Å². The summed E-state index contributed by atoms with van der Waals surface area (Å²) in [5.74, 6) is 2.18. The lowest BCUT2D eigenvalue weighted by atomic mass is 10.2. The quantitative estimate of drug-likeness (QED) is 0.599. The predicted octanol–water partition coefficient (Wildman–Crippen LogP) is 2.22. The smallest absolute Gasteiger partial charge is 0.341 e. The first-order valence-electron chi connectivity index (χ1n) is 5.56. The highest BCUT2D eigenvalue weighted by Crippen LogP contribution is 2.15. The molecule has 0 saturated heterocycles. The number of ether oxygens (including phenoxy) is 1. The van der Waals surface area contributed by atoms with Crippen molar-refractivity contribution in [3.8, 4) is 0 Å². The van der Waals surface area contributed by atoms with Crippen LogP contribution in [0.1, 0.15) is 28.3 Å². The number of methoxy groups -OCH3 is 1. The molecule has 1 aromatic heterocycles. The number of hydrogen-bond acceptors (Lipinski definition) is 5. The molecule has 0 aliphatic rings. The highest BCUT2D eigenvalue weighted by Gasteiger charge is 2.14. The minimum Gasteiger partial charge on any atom is -0.465 e. The summed E-state index contributed by atoms with van der Waals surface area (Å²) in [6.07, 6.45) is 3.23. The van der Waals surface area contributed by atoms with E-state index in [0.29, 0.717) is 17.9 Å². The van der Waals surface area contributed by atoms with Crippen LogP contribution in [0.5, 0.6) is 0 Å². The van der Waals surface area contributed by atoms with Crippen LogP contribution in [0.15, 0.2) is 10.5 Å². The van der Waals surface area contributed by atoms with Crippen LogP contribution in [-0.2, 0) is 11.3 Å². The first-order chi connectivity index (χ1) is 8.19. The second kappa shape index (κ2) is 7.40. The van der Waals surface area contributed by atoms with E-state index in [9.17, 15) is 4.79 Å².